The van der Waals surface area contributed by atoms with Gasteiger partial charge in [0.25, 0.3) is 0 Å². The number of allylic oxidation sites excluding steroid dienone is 4. The number of carbonyl (C=O) groups is 2. The van der Waals surface area contributed by atoms with Crippen molar-refractivity contribution in [2.75, 3.05) is 46.1 Å². The van der Waals surface area contributed by atoms with E-state index in [-0.39, 0.29) is 17.9 Å². The van der Waals surface area contributed by atoms with E-state index < -0.39 is 0 Å². The maximum Gasteiger partial charge on any atom is 0.305 e. The summed E-state index contributed by atoms with van der Waals surface area (Å²) in [6.07, 6.45) is 24.7. The zero-order valence-corrected chi connectivity index (χ0v) is 23.9. The van der Waals surface area contributed by atoms with Crippen molar-refractivity contribution in [3.8, 4) is 0 Å². The van der Waals surface area contributed by atoms with Crippen LogP contribution in [0.4, 0.5) is 0 Å². The predicted octanol–water partition coefficient (Wildman–Crippen LogP) is 7.02. The molecule has 1 heterocycles. The smallest absolute Gasteiger partial charge is 0.305 e. The van der Waals surface area contributed by atoms with Crippen molar-refractivity contribution in [2.45, 2.75) is 110 Å². The minimum absolute atomic E-state index is 0.0193. The van der Waals surface area contributed by atoms with E-state index >= 15 is 0 Å². The van der Waals surface area contributed by atoms with Crippen LogP contribution < -0.4 is 0 Å². The fraction of sp³-hybridized carbons (Fsp3) is 0.806. The lowest BCUT2D eigenvalue weighted by molar-refractivity contribution is -0.148. The second-order valence-corrected chi connectivity index (χ2v) is 10.4. The quantitative estimate of drug-likeness (QED) is 0.0817. The number of morpholine rings is 1. The largest absolute Gasteiger partial charge is 0.465 e. The van der Waals surface area contributed by atoms with E-state index in [4.69, 9.17) is 14.2 Å². The SMILES string of the molecule is CCCCC/C=C\C/C=C\CCCCCCCC(=O)OCC(C)COC(=O)CCCCN1CCOCC1. The van der Waals surface area contributed by atoms with Crippen molar-refractivity contribution in [3.05, 3.63) is 24.3 Å². The van der Waals surface area contributed by atoms with Gasteiger partial charge in [-0.05, 0) is 57.9 Å². The number of hydrogen-bond acceptors (Lipinski definition) is 6. The fourth-order valence-electron chi connectivity index (χ4n) is 4.17. The number of unbranched alkanes of at least 4 members (excludes halogenated alkanes) is 9. The van der Waals surface area contributed by atoms with Gasteiger partial charge in [-0.1, -0.05) is 70.3 Å². The summed E-state index contributed by atoms with van der Waals surface area (Å²) in [4.78, 5) is 26.3. The molecule has 1 aliphatic heterocycles. The third-order valence-corrected chi connectivity index (χ3v) is 6.60. The average molecular weight is 522 g/mol. The molecule has 1 aliphatic rings. The van der Waals surface area contributed by atoms with Crippen molar-refractivity contribution in [1.82, 2.24) is 4.90 Å². The maximum atomic E-state index is 12.0. The maximum absolute atomic E-state index is 12.0. The Bertz CT molecular complexity index is 613. The van der Waals surface area contributed by atoms with E-state index in [2.05, 4.69) is 36.1 Å². The summed E-state index contributed by atoms with van der Waals surface area (Å²) in [6.45, 7) is 9.38. The molecule has 37 heavy (non-hydrogen) atoms. The van der Waals surface area contributed by atoms with E-state index in [1.807, 2.05) is 6.92 Å². The zero-order chi connectivity index (χ0) is 26.8. The molecule has 0 spiro atoms. The molecular weight excluding hydrogens is 466 g/mol. The van der Waals surface area contributed by atoms with Gasteiger partial charge in [0.05, 0.1) is 26.4 Å². The van der Waals surface area contributed by atoms with Gasteiger partial charge in [-0.2, -0.15) is 0 Å². The summed E-state index contributed by atoms with van der Waals surface area (Å²) in [7, 11) is 0. The van der Waals surface area contributed by atoms with Crippen LogP contribution in [0.15, 0.2) is 24.3 Å². The Morgan fingerprint density at radius 3 is 1.92 bits per heavy atom. The van der Waals surface area contributed by atoms with Gasteiger partial charge in [0.2, 0.25) is 0 Å². The minimum Gasteiger partial charge on any atom is -0.465 e. The first-order chi connectivity index (χ1) is 18.1. The van der Waals surface area contributed by atoms with Crippen LogP contribution >= 0.6 is 0 Å². The first kappa shape index (κ1) is 33.4. The molecule has 1 unspecified atom stereocenters. The highest BCUT2D eigenvalue weighted by Gasteiger charge is 2.12. The van der Waals surface area contributed by atoms with Crippen molar-refractivity contribution < 1.29 is 23.8 Å². The summed E-state index contributed by atoms with van der Waals surface area (Å²) in [5.74, 6) is -0.289. The lowest BCUT2D eigenvalue weighted by Gasteiger charge is -2.26. The Morgan fingerprint density at radius 1 is 0.757 bits per heavy atom. The second kappa shape index (κ2) is 24.7. The van der Waals surface area contributed by atoms with Crippen LogP contribution in [0.1, 0.15) is 110 Å². The number of nitrogens with zero attached hydrogens (tertiary/aromatic N) is 1. The van der Waals surface area contributed by atoms with Crippen molar-refractivity contribution >= 4 is 11.9 Å². The number of esters is 2. The van der Waals surface area contributed by atoms with Gasteiger partial charge in [-0.25, -0.2) is 0 Å². The molecule has 6 nitrogen and oxygen atoms in total. The molecule has 0 aromatic heterocycles. The van der Waals surface area contributed by atoms with Crippen LogP contribution in [0.2, 0.25) is 0 Å². The highest BCUT2D eigenvalue weighted by molar-refractivity contribution is 5.69. The van der Waals surface area contributed by atoms with Crippen LogP contribution in [0.5, 0.6) is 0 Å². The lowest BCUT2D eigenvalue weighted by Crippen LogP contribution is -2.36. The molecule has 1 rings (SSSR count). The molecule has 0 N–H and O–H groups in total. The molecule has 0 radical (unpaired) electrons. The number of hydrogen-bond donors (Lipinski definition) is 0. The molecule has 0 saturated carbocycles. The fourth-order valence-corrected chi connectivity index (χ4v) is 4.17. The topological polar surface area (TPSA) is 65.1 Å². The summed E-state index contributed by atoms with van der Waals surface area (Å²) >= 11 is 0. The van der Waals surface area contributed by atoms with E-state index in [9.17, 15) is 9.59 Å². The first-order valence-corrected chi connectivity index (χ1v) is 15.0. The van der Waals surface area contributed by atoms with Gasteiger partial charge < -0.3 is 14.2 Å². The number of ether oxygens (including phenoxy) is 3. The summed E-state index contributed by atoms with van der Waals surface area (Å²) in [6, 6.07) is 0. The van der Waals surface area contributed by atoms with Gasteiger partial charge in [-0.15, -0.1) is 0 Å². The molecule has 0 aromatic carbocycles. The molecule has 1 atom stereocenters. The predicted molar refractivity (Wildman–Crippen MR) is 152 cm³/mol. The van der Waals surface area contributed by atoms with Crippen molar-refractivity contribution in [1.29, 1.82) is 0 Å². The Hall–Kier alpha value is -1.66. The highest BCUT2D eigenvalue weighted by Crippen LogP contribution is 2.10. The lowest BCUT2D eigenvalue weighted by atomic mass is 10.1. The van der Waals surface area contributed by atoms with Gasteiger partial charge in [0, 0.05) is 31.8 Å². The van der Waals surface area contributed by atoms with Gasteiger partial charge in [-0.3, -0.25) is 14.5 Å². The summed E-state index contributed by atoms with van der Waals surface area (Å²) in [5, 5.41) is 0. The monoisotopic (exact) mass is 521 g/mol. The Balaban J connectivity index is 1.87. The molecule has 214 valence electrons. The molecule has 0 amide bonds. The highest BCUT2D eigenvalue weighted by atomic mass is 16.5. The van der Waals surface area contributed by atoms with Crippen LogP contribution in [-0.4, -0.2) is 62.9 Å². The van der Waals surface area contributed by atoms with Gasteiger partial charge in [0.1, 0.15) is 0 Å². The van der Waals surface area contributed by atoms with Crippen LogP contribution in [0, 0.1) is 5.92 Å². The van der Waals surface area contributed by atoms with Crippen LogP contribution in [-0.2, 0) is 23.8 Å². The Labute approximate surface area is 227 Å². The van der Waals surface area contributed by atoms with Gasteiger partial charge in [0.15, 0.2) is 0 Å². The third kappa shape index (κ3) is 22.1. The average Bonchev–Trinajstić information content (AvgIpc) is 2.91. The van der Waals surface area contributed by atoms with E-state index in [1.54, 1.807) is 0 Å². The first-order valence-electron chi connectivity index (χ1n) is 15.0. The van der Waals surface area contributed by atoms with Crippen molar-refractivity contribution in [2.24, 2.45) is 5.92 Å². The number of carbonyl (C=O) groups excluding carboxylic acids is 2. The van der Waals surface area contributed by atoms with Crippen LogP contribution in [0.25, 0.3) is 0 Å². The van der Waals surface area contributed by atoms with E-state index in [0.29, 0.717) is 26.1 Å². The summed E-state index contributed by atoms with van der Waals surface area (Å²) < 4.78 is 16.1. The molecule has 0 aliphatic carbocycles. The molecule has 0 aromatic rings. The molecule has 1 saturated heterocycles. The van der Waals surface area contributed by atoms with Gasteiger partial charge >= 0.3 is 11.9 Å². The summed E-state index contributed by atoms with van der Waals surface area (Å²) in [5.41, 5.74) is 0. The molecule has 6 heteroatoms. The molecule has 1 fully saturated rings. The van der Waals surface area contributed by atoms with E-state index in [0.717, 1.165) is 77.8 Å². The normalized spacial score (nSPS) is 15.4. The molecule has 0 bridgehead atoms. The Kier molecular flexibility index (Phi) is 22.2. The molecular formula is C31H55NO5. The van der Waals surface area contributed by atoms with E-state index in [1.165, 1.54) is 38.5 Å². The van der Waals surface area contributed by atoms with Crippen molar-refractivity contribution in [3.63, 3.8) is 0 Å². The zero-order valence-electron chi connectivity index (χ0n) is 23.9. The minimum atomic E-state index is -0.162. The third-order valence-electron chi connectivity index (χ3n) is 6.60. The second-order valence-electron chi connectivity index (χ2n) is 10.4. The number of rotatable bonds is 23. The standard InChI is InChI=1S/C31H55NO5/c1-3-4-5-6-7-8-9-10-11-12-13-14-15-16-17-20-30(33)36-27-29(2)28-37-31(34)21-18-19-22-32-23-25-35-26-24-32/h7-8,10-11,29H,3-6,9,12-28H2,1-2H3/b8-7-,11-10-. The van der Waals surface area contributed by atoms with Crippen LogP contribution in [0.3, 0.4) is 0 Å². The Morgan fingerprint density at radius 2 is 1.30 bits per heavy atom.